The Morgan fingerprint density at radius 2 is 2.00 bits per heavy atom. The van der Waals surface area contributed by atoms with Gasteiger partial charge in [-0.2, -0.15) is 0 Å². The van der Waals surface area contributed by atoms with Crippen molar-refractivity contribution in [1.82, 2.24) is 9.80 Å². The molecule has 2 atom stereocenters. The van der Waals surface area contributed by atoms with Gasteiger partial charge in [-0.3, -0.25) is 9.80 Å². The molecule has 0 spiro atoms. The smallest absolute Gasteiger partial charge is 0.0348 e. The second-order valence-electron chi connectivity index (χ2n) is 6.82. The molecule has 2 N–H and O–H groups in total. The molecule has 2 aliphatic rings. The highest BCUT2D eigenvalue weighted by Crippen LogP contribution is 2.36. The van der Waals surface area contributed by atoms with E-state index >= 15 is 0 Å². The number of benzene rings is 1. The molecule has 3 heteroatoms. The summed E-state index contributed by atoms with van der Waals surface area (Å²) in [4.78, 5) is 5.00. The summed E-state index contributed by atoms with van der Waals surface area (Å²) in [6, 6.07) is 8.31. The largest absolute Gasteiger partial charge is 0.330 e. The summed E-state index contributed by atoms with van der Waals surface area (Å²) in [5, 5.41) is 0. The van der Waals surface area contributed by atoms with Crippen LogP contribution in [-0.2, 0) is 13.1 Å². The molecule has 0 amide bonds. The third-order valence-corrected chi connectivity index (χ3v) is 5.06. The van der Waals surface area contributed by atoms with Gasteiger partial charge in [-0.25, -0.2) is 0 Å². The molecule has 2 aliphatic heterocycles. The summed E-state index contributed by atoms with van der Waals surface area (Å²) in [5.41, 5.74) is 10.4. The average Bonchev–Trinajstić information content (AvgIpc) is 3.00. The lowest BCUT2D eigenvalue weighted by molar-refractivity contribution is 0.227. The third kappa shape index (κ3) is 2.50. The van der Waals surface area contributed by atoms with Gasteiger partial charge in [0, 0.05) is 31.7 Å². The number of fused-ring (bicyclic) bond motifs is 1. The first-order chi connectivity index (χ1) is 9.58. The molecule has 3 nitrogen and oxygen atoms in total. The van der Waals surface area contributed by atoms with Gasteiger partial charge in [-0.05, 0) is 56.5 Å². The minimum Gasteiger partial charge on any atom is -0.330 e. The normalized spacial score (nSPS) is 27.4. The molecular weight excluding hydrogens is 246 g/mol. The molecule has 0 aromatic heterocycles. The van der Waals surface area contributed by atoms with Crippen LogP contribution >= 0.6 is 0 Å². The lowest BCUT2D eigenvalue weighted by Crippen LogP contribution is -2.24. The molecule has 20 heavy (non-hydrogen) atoms. The van der Waals surface area contributed by atoms with Crippen molar-refractivity contribution in [3.05, 3.63) is 34.9 Å². The topological polar surface area (TPSA) is 32.5 Å². The molecule has 1 aromatic carbocycles. The van der Waals surface area contributed by atoms with Gasteiger partial charge in [0.15, 0.2) is 0 Å². The molecule has 3 rings (SSSR count). The Kier molecular flexibility index (Phi) is 3.85. The van der Waals surface area contributed by atoms with Crippen LogP contribution in [0.2, 0.25) is 0 Å². The Bertz CT molecular complexity index is 483. The first-order valence-corrected chi connectivity index (χ1v) is 7.84. The van der Waals surface area contributed by atoms with Gasteiger partial charge < -0.3 is 5.73 Å². The Morgan fingerprint density at radius 3 is 2.65 bits per heavy atom. The molecule has 0 aliphatic carbocycles. The van der Waals surface area contributed by atoms with E-state index in [2.05, 4.69) is 48.9 Å². The lowest BCUT2D eigenvalue weighted by Gasteiger charge is -2.20. The van der Waals surface area contributed by atoms with E-state index in [-0.39, 0.29) is 0 Å². The van der Waals surface area contributed by atoms with Crippen LogP contribution in [0.15, 0.2) is 18.2 Å². The molecule has 0 bridgehead atoms. The van der Waals surface area contributed by atoms with E-state index in [0.717, 1.165) is 26.2 Å². The Morgan fingerprint density at radius 1 is 1.25 bits per heavy atom. The van der Waals surface area contributed by atoms with Crippen molar-refractivity contribution in [3.63, 3.8) is 0 Å². The molecule has 2 heterocycles. The highest BCUT2D eigenvalue weighted by atomic mass is 15.2. The summed E-state index contributed by atoms with van der Waals surface area (Å²) in [7, 11) is 2.23. The number of nitrogens with two attached hydrogens (primary N) is 1. The molecule has 0 saturated carbocycles. The third-order valence-electron chi connectivity index (χ3n) is 5.06. The van der Waals surface area contributed by atoms with Crippen LogP contribution in [0.3, 0.4) is 0 Å². The Labute approximate surface area is 122 Å². The minimum absolute atomic E-state index is 0.557. The number of likely N-dealkylation sites (tertiary alicyclic amines) is 1. The highest BCUT2D eigenvalue weighted by molar-refractivity contribution is 5.36. The molecule has 1 saturated heterocycles. The van der Waals surface area contributed by atoms with Crippen molar-refractivity contribution in [2.45, 2.75) is 45.4 Å². The van der Waals surface area contributed by atoms with Crippen LogP contribution in [0.25, 0.3) is 0 Å². The predicted molar refractivity (Wildman–Crippen MR) is 83.4 cm³/mol. The summed E-state index contributed by atoms with van der Waals surface area (Å²) in [6.45, 7) is 8.73. The van der Waals surface area contributed by atoms with Crippen LogP contribution in [0, 0.1) is 5.92 Å². The van der Waals surface area contributed by atoms with Gasteiger partial charge in [0.2, 0.25) is 0 Å². The van der Waals surface area contributed by atoms with Gasteiger partial charge in [0.25, 0.3) is 0 Å². The van der Waals surface area contributed by atoms with Crippen LogP contribution in [0.4, 0.5) is 0 Å². The minimum atomic E-state index is 0.557. The molecule has 110 valence electrons. The van der Waals surface area contributed by atoms with Crippen molar-refractivity contribution in [1.29, 1.82) is 0 Å². The zero-order valence-corrected chi connectivity index (χ0v) is 13.0. The van der Waals surface area contributed by atoms with Gasteiger partial charge >= 0.3 is 0 Å². The maximum Gasteiger partial charge on any atom is 0.0348 e. The van der Waals surface area contributed by atoms with Crippen molar-refractivity contribution in [2.75, 3.05) is 20.1 Å². The SMILES string of the molecule is CC(C)N1Cc2ccc(C3CC(CN)CN3C)cc2C1. The Balaban J connectivity index is 1.79. The second-order valence-corrected chi connectivity index (χ2v) is 6.82. The van der Waals surface area contributed by atoms with Crippen LogP contribution in [-0.4, -0.2) is 36.0 Å². The first-order valence-electron chi connectivity index (χ1n) is 7.84. The lowest BCUT2D eigenvalue weighted by atomic mass is 9.97. The molecule has 2 unspecified atom stereocenters. The summed E-state index contributed by atoms with van der Waals surface area (Å²) < 4.78 is 0. The zero-order valence-electron chi connectivity index (χ0n) is 13.0. The van der Waals surface area contributed by atoms with Gasteiger partial charge in [0.1, 0.15) is 0 Å². The zero-order chi connectivity index (χ0) is 14.3. The van der Waals surface area contributed by atoms with E-state index in [0.29, 0.717) is 18.0 Å². The summed E-state index contributed by atoms with van der Waals surface area (Å²) in [5.74, 6) is 0.658. The molecular formula is C17H27N3. The van der Waals surface area contributed by atoms with Crippen molar-refractivity contribution in [3.8, 4) is 0 Å². The van der Waals surface area contributed by atoms with Gasteiger partial charge in [-0.15, -0.1) is 0 Å². The maximum absolute atomic E-state index is 5.84. The van der Waals surface area contributed by atoms with Gasteiger partial charge in [-0.1, -0.05) is 18.2 Å². The quantitative estimate of drug-likeness (QED) is 0.917. The highest BCUT2D eigenvalue weighted by Gasteiger charge is 2.30. The van der Waals surface area contributed by atoms with E-state index in [1.165, 1.54) is 23.1 Å². The number of hydrogen-bond donors (Lipinski definition) is 1. The standard InChI is InChI=1S/C17H27N3/c1-12(2)20-10-15-5-4-14(7-16(15)11-20)17-6-13(8-18)9-19(17)3/h4-5,7,12-13,17H,6,8-11,18H2,1-3H3. The van der Waals surface area contributed by atoms with E-state index in [9.17, 15) is 0 Å². The van der Waals surface area contributed by atoms with Crippen LogP contribution in [0.1, 0.15) is 43.0 Å². The first kappa shape index (κ1) is 14.1. The molecule has 0 radical (unpaired) electrons. The van der Waals surface area contributed by atoms with E-state index in [1.807, 2.05) is 0 Å². The number of rotatable bonds is 3. The fourth-order valence-corrected chi connectivity index (χ4v) is 3.68. The molecule has 1 fully saturated rings. The van der Waals surface area contributed by atoms with Gasteiger partial charge in [0.05, 0.1) is 0 Å². The number of nitrogens with zero attached hydrogens (tertiary/aromatic N) is 2. The fraction of sp³-hybridized carbons (Fsp3) is 0.647. The molecule has 1 aromatic rings. The van der Waals surface area contributed by atoms with Crippen molar-refractivity contribution in [2.24, 2.45) is 11.7 Å². The summed E-state index contributed by atoms with van der Waals surface area (Å²) >= 11 is 0. The van der Waals surface area contributed by atoms with Crippen molar-refractivity contribution >= 4 is 0 Å². The Hall–Kier alpha value is -0.900. The average molecular weight is 273 g/mol. The summed E-state index contributed by atoms with van der Waals surface area (Å²) in [6.07, 6.45) is 1.21. The van der Waals surface area contributed by atoms with E-state index in [4.69, 9.17) is 5.73 Å². The van der Waals surface area contributed by atoms with E-state index < -0.39 is 0 Å². The van der Waals surface area contributed by atoms with Crippen molar-refractivity contribution < 1.29 is 0 Å². The second kappa shape index (κ2) is 5.47. The fourth-order valence-electron chi connectivity index (χ4n) is 3.68. The monoisotopic (exact) mass is 273 g/mol. The maximum atomic E-state index is 5.84. The predicted octanol–water partition coefficient (Wildman–Crippen LogP) is 2.36. The van der Waals surface area contributed by atoms with Crippen LogP contribution < -0.4 is 5.73 Å². The van der Waals surface area contributed by atoms with E-state index in [1.54, 1.807) is 0 Å². The number of hydrogen-bond acceptors (Lipinski definition) is 3. The van der Waals surface area contributed by atoms with Crippen LogP contribution in [0.5, 0.6) is 0 Å².